The largest absolute Gasteiger partial charge is 0.372 e. The van der Waals surface area contributed by atoms with Crippen molar-refractivity contribution in [2.24, 2.45) is 0 Å². The van der Waals surface area contributed by atoms with Crippen LogP contribution >= 0.6 is 27.3 Å². The lowest BCUT2D eigenvalue weighted by atomic mass is 10.3. The predicted octanol–water partition coefficient (Wildman–Crippen LogP) is 3.02. The van der Waals surface area contributed by atoms with Gasteiger partial charge in [-0.1, -0.05) is 0 Å². The minimum atomic E-state index is 0.661. The Balaban J connectivity index is 2.54. The van der Waals surface area contributed by atoms with Crippen LogP contribution in [0, 0.1) is 13.8 Å². The Morgan fingerprint density at radius 1 is 1.25 bits per heavy atom. The van der Waals surface area contributed by atoms with Crippen molar-refractivity contribution in [1.29, 1.82) is 0 Å². The van der Waals surface area contributed by atoms with E-state index in [1.54, 1.807) is 11.3 Å². The third kappa shape index (κ3) is 2.08. The number of anilines is 1. The van der Waals surface area contributed by atoms with Crippen molar-refractivity contribution < 1.29 is 0 Å². The molecule has 0 saturated heterocycles. The second-order valence-electron chi connectivity index (χ2n) is 3.30. The molecule has 2 heterocycles. The summed E-state index contributed by atoms with van der Waals surface area (Å²) in [7, 11) is 1.84. The lowest BCUT2D eigenvalue weighted by Gasteiger charge is -2.06. The molecular weight excluding hydrogens is 288 g/mol. The summed E-state index contributed by atoms with van der Waals surface area (Å²) >= 11 is 5.05. The molecule has 1 N–H and O–H groups in total. The van der Waals surface area contributed by atoms with Crippen LogP contribution in [0.3, 0.4) is 0 Å². The van der Waals surface area contributed by atoms with Gasteiger partial charge in [-0.25, -0.2) is 15.0 Å². The van der Waals surface area contributed by atoms with Crippen LogP contribution < -0.4 is 5.32 Å². The molecule has 2 rings (SSSR count). The molecule has 2 aromatic heterocycles. The number of aryl methyl sites for hydroxylation is 2. The van der Waals surface area contributed by atoms with Gasteiger partial charge in [0.25, 0.3) is 0 Å². The highest BCUT2D eigenvalue weighted by Crippen LogP contribution is 2.26. The third-order valence-electron chi connectivity index (χ3n) is 2.10. The van der Waals surface area contributed by atoms with Crippen molar-refractivity contribution in [3.05, 3.63) is 20.6 Å². The molecule has 0 amide bonds. The number of halogens is 1. The lowest BCUT2D eigenvalue weighted by Crippen LogP contribution is -2.00. The second kappa shape index (κ2) is 4.47. The highest BCUT2D eigenvalue weighted by molar-refractivity contribution is 9.10. The van der Waals surface area contributed by atoms with Gasteiger partial charge < -0.3 is 5.32 Å². The topological polar surface area (TPSA) is 50.7 Å². The average molecular weight is 299 g/mol. The number of rotatable bonds is 2. The third-order valence-corrected chi connectivity index (χ3v) is 3.82. The monoisotopic (exact) mass is 298 g/mol. The van der Waals surface area contributed by atoms with E-state index in [1.165, 1.54) is 0 Å². The highest BCUT2D eigenvalue weighted by Gasteiger charge is 2.11. The van der Waals surface area contributed by atoms with Crippen LogP contribution in [0.5, 0.6) is 0 Å². The first-order valence-corrected chi connectivity index (χ1v) is 6.43. The van der Waals surface area contributed by atoms with Crippen molar-refractivity contribution in [2.75, 3.05) is 12.4 Å². The van der Waals surface area contributed by atoms with Crippen molar-refractivity contribution in [2.45, 2.75) is 13.8 Å². The van der Waals surface area contributed by atoms with Gasteiger partial charge in [0.05, 0.1) is 15.2 Å². The number of thiazole rings is 1. The minimum Gasteiger partial charge on any atom is -0.372 e. The fraction of sp³-hybridized carbons (Fsp3) is 0.300. The van der Waals surface area contributed by atoms with E-state index in [0.717, 1.165) is 26.7 Å². The van der Waals surface area contributed by atoms with Gasteiger partial charge in [-0.3, -0.25) is 0 Å². The molecule has 0 saturated carbocycles. The first kappa shape index (κ1) is 11.5. The van der Waals surface area contributed by atoms with Gasteiger partial charge in [0.2, 0.25) is 0 Å². The van der Waals surface area contributed by atoms with E-state index in [1.807, 2.05) is 26.3 Å². The van der Waals surface area contributed by atoms with Crippen LogP contribution in [0.4, 0.5) is 5.82 Å². The van der Waals surface area contributed by atoms with Gasteiger partial charge >= 0.3 is 0 Å². The summed E-state index contributed by atoms with van der Waals surface area (Å²) in [5, 5.41) is 6.02. The lowest BCUT2D eigenvalue weighted by molar-refractivity contribution is 1.07. The van der Waals surface area contributed by atoms with Crippen LogP contribution in [0.2, 0.25) is 0 Å². The standard InChI is InChI=1S/C10H11BrN4S/c1-5-8(11)10(12-3)15-9(13-5)7-4-16-6(2)14-7/h4H,1-3H3,(H,12,13,15). The van der Waals surface area contributed by atoms with Crippen LogP contribution in [-0.2, 0) is 0 Å². The number of hydrogen-bond donors (Lipinski definition) is 1. The fourth-order valence-electron chi connectivity index (χ4n) is 1.31. The van der Waals surface area contributed by atoms with E-state index in [-0.39, 0.29) is 0 Å². The predicted molar refractivity (Wildman–Crippen MR) is 69.9 cm³/mol. The molecule has 0 bridgehead atoms. The Kier molecular flexibility index (Phi) is 3.20. The fourth-order valence-corrected chi connectivity index (χ4v) is 2.27. The Morgan fingerprint density at radius 3 is 2.56 bits per heavy atom. The van der Waals surface area contributed by atoms with Gasteiger partial charge in [-0.05, 0) is 29.8 Å². The molecule has 0 unspecified atom stereocenters. The Bertz CT molecular complexity index is 524. The van der Waals surface area contributed by atoms with Crippen LogP contribution in [0.15, 0.2) is 9.85 Å². The summed E-state index contributed by atoms with van der Waals surface area (Å²) in [6.45, 7) is 3.91. The molecule has 0 spiro atoms. The second-order valence-corrected chi connectivity index (χ2v) is 5.15. The average Bonchev–Trinajstić information content (AvgIpc) is 2.69. The Hall–Kier alpha value is -1.01. The van der Waals surface area contributed by atoms with E-state index >= 15 is 0 Å². The zero-order valence-corrected chi connectivity index (χ0v) is 11.6. The summed E-state index contributed by atoms with van der Waals surface area (Å²) in [6, 6.07) is 0. The minimum absolute atomic E-state index is 0.661. The van der Waals surface area contributed by atoms with Gasteiger partial charge in [0.1, 0.15) is 11.5 Å². The molecule has 0 aliphatic carbocycles. The molecule has 0 radical (unpaired) electrons. The first-order chi connectivity index (χ1) is 7.61. The zero-order chi connectivity index (χ0) is 11.7. The summed E-state index contributed by atoms with van der Waals surface area (Å²) in [5.74, 6) is 1.45. The van der Waals surface area contributed by atoms with Gasteiger partial charge in [-0.15, -0.1) is 11.3 Å². The molecule has 6 heteroatoms. The van der Waals surface area contributed by atoms with Gasteiger partial charge in [-0.2, -0.15) is 0 Å². The van der Waals surface area contributed by atoms with Crippen molar-refractivity contribution in [3.8, 4) is 11.5 Å². The Labute approximate surface area is 106 Å². The van der Waals surface area contributed by atoms with Gasteiger partial charge in [0, 0.05) is 12.4 Å². The van der Waals surface area contributed by atoms with E-state index in [4.69, 9.17) is 0 Å². The highest BCUT2D eigenvalue weighted by atomic mass is 79.9. The van der Waals surface area contributed by atoms with Crippen molar-refractivity contribution in [1.82, 2.24) is 15.0 Å². The molecule has 4 nitrogen and oxygen atoms in total. The molecule has 0 fully saturated rings. The Morgan fingerprint density at radius 2 is 2.00 bits per heavy atom. The van der Waals surface area contributed by atoms with E-state index < -0.39 is 0 Å². The van der Waals surface area contributed by atoms with Crippen LogP contribution in [-0.4, -0.2) is 22.0 Å². The van der Waals surface area contributed by atoms with E-state index in [0.29, 0.717) is 5.82 Å². The number of nitrogens with one attached hydrogen (secondary N) is 1. The SMILES string of the molecule is CNc1nc(-c2csc(C)n2)nc(C)c1Br. The van der Waals surface area contributed by atoms with Crippen LogP contribution in [0.25, 0.3) is 11.5 Å². The molecule has 0 aliphatic heterocycles. The molecule has 84 valence electrons. The maximum Gasteiger partial charge on any atom is 0.181 e. The van der Waals surface area contributed by atoms with Crippen LogP contribution in [0.1, 0.15) is 10.7 Å². The van der Waals surface area contributed by atoms with E-state index in [2.05, 4.69) is 36.2 Å². The summed E-state index contributed by atoms with van der Waals surface area (Å²) in [5.41, 5.74) is 1.73. The number of aromatic nitrogens is 3. The number of nitrogens with zero attached hydrogens (tertiary/aromatic N) is 3. The summed E-state index contributed by atoms with van der Waals surface area (Å²) in [6.07, 6.45) is 0. The normalized spacial score (nSPS) is 10.5. The molecule has 0 atom stereocenters. The molecule has 0 aliphatic rings. The van der Waals surface area contributed by atoms with Gasteiger partial charge in [0.15, 0.2) is 5.82 Å². The molecule has 0 aromatic carbocycles. The molecular formula is C10H11BrN4S. The molecule has 16 heavy (non-hydrogen) atoms. The van der Waals surface area contributed by atoms with E-state index in [9.17, 15) is 0 Å². The smallest absolute Gasteiger partial charge is 0.181 e. The van der Waals surface area contributed by atoms with Crippen molar-refractivity contribution >= 4 is 33.1 Å². The zero-order valence-electron chi connectivity index (χ0n) is 9.21. The quantitative estimate of drug-likeness (QED) is 0.926. The van der Waals surface area contributed by atoms with Crippen molar-refractivity contribution in [3.63, 3.8) is 0 Å². The summed E-state index contributed by atoms with van der Waals surface area (Å²) < 4.78 is 0.894. The first-order valence-electron chi connectivity index (χ1n) is 4.76. The maximum atomic E-state index is 4.41. The number of hydrogen-bond acceptors (Lipinski definition) is 5. The summed E-state index contributed by atoms with van der Waals surface area (Å²) in [4.78, 5) is 13.2. The molecule has 2 aromatic rings. The maximum absolute atomic E-state index is 4.41.